The minimum Gasteiger partial charge on any atom is -0.343 e. The summed E-state index contributed by atoms with van der Waals surface area (Å²) in [6.07, 6.45) is -4.51. The molecule has 0 bridgehead atoms. The van der Waals surface area contributed by atoms with Crippen molar-refractivity contribution in [3.8, 4) is 0 Å². The predicted molar refractivity (Wildman–Crippen MR) is 101 cm³/mol. The summed E-state index contributed by atoms with van der Waals surface area (Å²) in [7, 11) is 0. The van der Waals surface area contributed by atoms with Crippen molar-refractivity contribution in [1.82, 2.24) is 15.3 Å². The SMILES string of the molecule is Cc1c(C(=O)NC(C)c2csc(C(C)C)n2)sc2nc(C(F)(F)F)ccc12. The summed E-state index contributed by atoms with van der Waals surface area (Å²) in [4.78, 5) is 21.4. The van der Waals surface area contributed by atoms with Crippen LogP contribution in [0.5, 0.6) is 0 Å². The van der Waals surface area contributed by atoms with Crippen LogP contribution in [0.1, 0.15) is 64.4 Å². The first-order chi connectivity index (χ1) is 12.6. The van der Waals surface area contributed by atoms with Gasteiger partial charge in [0.25, 0.3) is 5.91 Å². The predicted octanol–water partition coefficient (Wildman–Crippen LogP) is 5.69. The third kappa shape index (κ3) is 3.98. The number of thiazole rings is 1. The number of thiophene rings is 1. The Morgan fingerprint density at radius 2 is 1.89 bits per heavy atom. The van der Waals surface area contributed by atoms with Crippen molar-refractivity contribution in [2.75, 3.05) is 0 Å². The number of hydrogen-bond donors (Lipinski definition) is 1. The maximum absolute atomic E-state index is 12.9. The van der Waals surface area contributed by atoms with E-state index in [-0.39, 0.29) is 16.8 Å². The number of nitrogens with one attached hydrogen (secondary N) is 1. The Labute approximate surface area is 162 Å². The second-order valence-corrected chi connectivity index (χ2v) is 8.45. The van der Waals surface area contributed by atoms with Gasteiger partial charge < -0.3 is 5.32 Å². The van der Waals surface area contributed by atoms with Gasteiger partial charge in [0.1, 0.15) is 10.5 Å². The van der Waals surface area contributed by atoms with Gasteiger partial charge in [0.05, 0.1) is 21.6 Å². The fourth-order valence-corrected chi connectivity index (χ4v) is 4.59. The molecule has 0 aliphatic heterocycles. The third-order valence-electron chi connectivity index (χ3n) is 4.13. The molecular weight excluding hydrogens is 395 g/mol. The van der Waals surface area contributed by atoms with Gasteiger partial charge in [-0.1, -0.05) is 13.8 Å². The molecule has 0 aromatic carbocycles. The summed E-state index contributed by atoms with van der Waals surface area (Å²) in [5, 5.41) is 6.34. The van der Waals surface area contributed by atoms with Crippen LogP contribution in [-0.4, -0.2) is 15.9 Å². The highest BCUT2D eigenvalue weighted by atomic mass is 32.1. The van der Waals surface area contributed by atoms with Gasteiger partial charge in [-0.05, 0) is 31.5 Å². The van der Waals surface area contributed by atoms with Crippen LogP contribution in [0.2, 0.25) is 0 Å². The largest absolute Gasteiger partial charge is 0.433 e. The van der Waals surface area contributed by atoms with Crippen LogP contribution in [0.3, 0.4) is 0 Å². The molecule has 1 unspecified atom stereocenters. The lowest BCUT2D eigenvalue weighted by atomic mass is 10.1. The fraction of sp³-hybridized carbons (Fsp3) is 0.389. The molecule has 1 N–H and O–H groups in total. The van der Waals surface area contributed by atoms with Crippen LogP contribution in [0, 0.1) is 6.92 Å². The number of pyridine rings is 1. The van der Waals surface area contributed by atoms with E-state index in [1.165, 1.54) is 6.07 Å². The van der Waals surface area contributed by atoms with E-state index in [0.29, 0.717) is 21.7 Å². The molecule has 0 saturated carbocycles. The van der Waals surface area contributed by atoms with Crippen LogP contribution in [0.15, 0.2) is 17.5 Å². The molecule has 0 saturated heterocycles. The Morgan fingerprint density at radius 3 is 2.48 bits per heavy atom. The number of fused-ring (bicyclic) bond motifs is 1. The third-order valence-corrected chi connectivity index (χ3v) is 6.49. The van der Waals surface area contributed by atoms with Crippen molar-refractivity contribution < 1.29 is 18.0 Å². The number of nitrogens with zero attached hydrogens (tertiary/aromatic N) is 2. The van der Waals surface area contributed by atoms with E-state index in [4.69, 9.17) is 0 Å². The summed E-state index contributed by atoms with van der Waals surface area (Å²) in [5.41, 5.74) is 0.440. The number of carbonyl (C=O) groups is 1. The van der Waals surface area contributed by atoms with Crippen LogP contribution >= 0.6 is 22.7 Å². The van der Waals surface area contributed by atoms with Crippen LogP contribution in [0.25, 0.3) is 10.2 Å². The highest BCUT2D eigenvalue weighted by Gasteiger charge is 2.33. The minimum absolute atomic E-state index is 0.205. The maximum Gasteiger partial charge on any atom is 0.433 e. The first-order valence-electron chi connectivity index (χ1n) is 8.31. The number of alkyl halides is 3. The molecule has 0 spiro atoms. The smallest absolute Gasteiger partial charge is 0.343 e. The second kappa shape index (κ2) is 7.20. The second-order valence-electron chi connectivity index (χ2n) is 6.56. The number of rotatable bonds is 4. The first kappa shape index (κ1) is 19.8. The van der Waals surface area contributed by atoms with Crippen LogP contribution in [0.4, 0.5) is 13.2 Å². The Bertz CT molecular complexity index is 992. The molecule has 4 nitrogen and oxygen atoms in total. The summed E-state index contributed by atoms with van der Waals surface area (Å²) in [6, 6.07) is 2.01. The zero-order chi connectivity index (χ0) is 19.9. The van der Waals surface area contributed by atoms with Crippen LogP contribution < -0.4 is 5.32 Å². The molecule has 144 valence electrons. The number of aryl methyl sites for hydroxylation is 1. The average molecular weight is 413 g/mol. The number of aromatic nitrogens is 2. The zero-order valence-electron chi connectivity index (χ0n) is 15.1. The van der Waals surface area contributed by atoms with Gasteiger partial charge in [0.2, 0.25) is 0 Å². The van der Waals surface area contributed by atoms with Crippen molar-refractivity contribution >= 4 is 38.8 Å². The van der Waals surface area contributed by atoms with Crippen molar-refractivity contribution in [2.45, 2.75) is 45.8 Å². The molecule has 3 aromatic rings. The molecule has 3 rings (SSSR count). The van der Waals surface area contributed by atoms with Gasteiger partial charge in [0, 0.05) is 16.7 Å². The number of hydrogen-bond acceptors (Lipinski definition) is 5. The lowest BCUT2D eigenvalue weighted by Gasteiger charge is -2.11. The highest BCUT2D eigenvalue weighted by molar-refractivity contribution is 7.20. The van der Waals surface area contributed by atoms with Crippen molar-refractivity contribution in [3.63, 3.8) is 0 Å². The summed E-state index contributed by atoms with van der Waals surface area (Å²) < 4.78 is 38.6. The molecule has 3 heterocycles. The highest BCUT2D eigenvalue weighted by Crippen LogP contribution is 2.34. The number of amides is 1. The molecule has 0 aliphatic carbocycles. The quantitative estimate of drug-likeness (QED) is 0.597. The Balaban J connectivity index is 1.85. The maximum atomic E-state index is 12.9. The summed E-state index contributed by atoms with van der Waals surface area (Å²) in [6.45, 7) is 7.65. The Morgan fingerprint density at radius 1 is 1.19 bits per heavy atom. The van der Waals surface area contributed by atoms with Gasteiger partial charge in [-0.25, -0.2) is 9.97 Å². The number of carbonyl (C=O) groups excluding carboxylic acids is 1. The molecule has 0 fully saturated rings. The van der Waals surface area contributed by atoms with E-state index in [1.807, 2.05) is 12.3 Å². The molecule has 0 aliphatic rings. The lowest BCUT2D eigenvalue weighted by molar-refractivity contribution is -0.140. The first-order valence-corrected chi connectivity index (χ1v) is 10.0. The topological polar surface area (TPSA) is 54.9 Å². The molecule has 27 heavy (non-hydrogen) atoms. The summed E-state index contributed by atoms with van der Waals surface area (Å²) >= 11 is 2.51. The van der Waals surface area contributed by atoms with E-state index >= 15 is 0 Å². The van der Waals surface area contributed by atoms with E-state index in [9.17, 15) is 18.0 Å². The summed E-state index contributed by atoms with van der Waals surface area (Å²) in [5.74, 6) is -0.0268. The normalized spacial score (nSPS) is 13.3. The Hall–Kier alpha value is -2.00. The van der Waals surface area contributed by atoms with Crippen molar-refractivity contribution in [2.24, 2.45) is 0 Å². The van der Waals surface area contributed by atoms with E-state index in [1.54, 1.807) is 18.3 Å². The van der Waals surface area contributed by atoms with Gasteiger partial charge >= 0.3 is 6.18 Å². The van der Waals surface area contributed by atoms with E-state index in [0.717, 1.165) is 28.1 Å². The van der Waals surface area contributed by atoms with Gasteiger partial charge in [-0.3, -0.25) is 4.79 Å². The monoisotopic (exact) mass is 413 g/mol. The molecule has 0 radical (unpaired) electrons. The number of halogens is 3. The molecule has 3 aromatic heterocycles. The molecule has 1 atom stereocenters. The average Bonchev–Trinajstić information content (AvgIpc) is 3.19. The van der Waals surface area contributed by atoms with Gasteiger partial charge in [-0.15, -0.1) is 22.7 Å². The molecule has 9 heteroatoms. The van der Waals surface area contributed by atoms with Crippen molar-refractivity contribution in [3.05, 3.63) is 44.3 Å². The van der Waals surface area contributed by atoms with Crippen molar-refractivity contribution in [1.29, 1.82) is 0 Å². The standard InChI is InChI=1S/C18H18F3N3OS2/c1-8(2)16-23-12(7-26-16)10(4)22-15(25)14-9(3)11-5-6-13(18(19,20)21)24-17(11)27-14/h5-8,10H,1-4H3,(H,22,25). The fourth-order valence-electron chi connectivity index (χ4n) is 2.57. The van der Waals surface area contributed by atoms with Gasteiger partial charge in [-0.2, -0.15) is 13.2 Å². The van der Waals surface area contributed by atoms with Gasteiger partial charge in [0.15, 0.2) is 0 Å². The molecule has 1 amide bonds. The zero-order valence-corrected chi connectivity index (χ0v) is 16.8. The minimum atomic E-state index is -4.51. The molecular formula is C18H18F3N3OS2. The Kier molecular flexibility index (Phi) is 5.27. The van der Waals surface area contributed by atoms with E-state index in [2.05, 4.69) is 29.1 Å². The lowest BCUT2D eigenvalue weighted by Crippen LogP contribution is -2.26. The van der Waals surface area contributed by atoms with Crippen LogP contribution in [-0.2, 0) is 6.18 Å². The van der Waals surface area contributed by atoms with E-state index < -0.39 is 11.9 Å².